The van der Waals surface area contributed by atoms with Crippen molar-refractivity contribution >= 4 is 16.9 Å². The number of aryl methyl sites for hydroxylation is 1. The molecule has 0 radical (unpaired) electrons. The van der Waals surface area contributed by atoms with Gasteiger partial charge in [-0.1, -0.05) is 6.07 Å². The first kappa shape index (κ1) is 24.5. The zero-order valence-corrected chi connectivity index (χ0v) is 19.6. The summed E-state index contributed by atoms with van der Waals surface area (Å²) in [5.74, 6) is 0.538. The number of alkyl halides is 3. The molecule has 0 saturated heterocycles. The van der Waals surface area contributed by atoms with Gasteiger partial charge in [-0.2, -0.15) is 13.2 Å². The first-order valence-corrected chi connectivity index (χ1v) is 11.7. The molecule has 1 aliphatic rings. The second-order valence-electron chi connectivity index (χ2n) is 8.96. The number of aromatic amines is 1. The number of carbonyl (C=O) groups is 1. The molecule has 1 unspecified atom stereocenters. The number of nitrogens with zero attached hydrogens (tertiary/aromatic N) is 1. The minimum atomic E-state index is -4.57. The van der Waals surface area contributed by atoms with E-state index >= 15 is 0 Å². The van der Waals surface area contributed by atoms with Crippen molar-refractivity contribution in [1.29, 1.82) is 0 Å². The van der Waals surface area contributed by atoms with Crippen molar-refractivity contribution < 1.29 is 22.7 Å². The summed E-state index contributed by atoms with van der Waals surface area (Å²) in [5.41, 5.74) is 7.07. The third-order valence-electron chi connectivity index (χ3n) is 6.38. The fraction of sp³-hybridized carbons (Fsp3) is 0.222. The lowest BCUT2D eigenvalue weighted by Crippen LogP contribution is -2.39. The van der Waals surface area contributed by atoms with Crippen molar-refractivity contribution in [2.24, 2.45) is 5.73 Å². The van der Waals surface area contributed by atoms with Crippen molar-refractivity contribution in [2.45, 2.75) is 38.0 Å². The first-order valence-electron chi connectivity index (χ1n) is 11.7. The van der Waals surface area contributed by atoms with Gasteiger partial charge in [-0.05, 0) is 78.4 Å². The summed E-state index contributed by atoms with van der Waals surface area (Å²) in [5, 5.41) is 3.53. The van der Waals surface area contributed by atoms with Gasteiger partial charge in [0.05, 0.1) is 10.9 Å². The second-order valence-corrected chi connectivity index (χ2v) is 8.96. The Morgan fingerprint density at radius 2 is 1.95 bits per heavy atom. The zero-order chi connectivity index (χ0) is 26.2. The van der Waals surface area contributed by atoms with E-state index in [1.165, 1.54) is 12.1 Å². The molecule has 1 aliphatic carbocycles. The summed E-state index contributed by atoms with van der Waals surface area (Å²) >= 11 is 0. The molecule has 37 heavy (non-hydrogen) atoms. The summed E-state index contributed by atoms with van der Waals surface area (Å²) in [6.07, 6.45) is -1.16. The van der Waals surface area contributed by atoms with E-state index in [1.807, 2.05) is 18.2 Å². The number of hydrogen-bond acceptors (Lipinski definition) is 5. The molecule has 1 atom stereocenters. The number of benzene rings is 2. The van der Waals surface area contributed by atoms with Gasteiger partial charge in [-0.15, -0.1) is 0 Å². The molecule has 4 aromatic rings. The molecule has 4 N–H and O–H groups in total. The Morgan fingerprint density at radius 3 is 2.73 bits per heavy atom. The molecule has 2 aromatic carbocycles. The number of carbonyl (C=O) groups excluding carboxylic acids is 1. The van der Waals surface area contributed by atoms with Crippen molar-refractivity contribution in [3.63, 3.8) is 0 Å². The average Bonchev–Trinajstić information content (AvgIpc) is 2.87. The van der Waals surface area contributed by atoms with Gasteiger partial charge in [0.15, 0.2) is 0 Å². The van der Waals surface area contributed by atoms with E-state index in [4.69, 9.17) is 10.5 Å². The minimum Gasteiger partial charge on any atom is -0.457 e. The molecule has 0 aliphatic heterocycles. The Balaban J connectivity index is 1.33. The molecule has 0 bridgehead atoms. The number of pyridine rings is 2. The van der Waals surface area contributed by atoms with E-state index in [2.05, 4.69) is 15.3 Å². The molecule has 10 heteroatoms. The van der Waals surface area contributed by atoms with E-state index in [0.717, 1.165) is 23.3 Å². The Bertz CT molecular complexity index is 1550. The van der Waals surface area contributed by atoms with Crippen LogP contribution in [0.25, 0.3) is 11.0 Å². The number of rotatable bonds is 5. The number of fused-ring (bicyclic) bond motifs is 2. The van der Waals surface area contributed by atoms with Crippen molar-refractivity contribution in [3.8, 4) is 11.5 Å². The van der Waals surface area contributed by atoms with E-state index in [0.29, 0.717) is 41.8 Å². The molecule has 190 valence electrons. The number of nitrogens with two attached hydrogens (primary N) is 1. The topological polar surface area (TPSA) is 110 Å². The molecular formula is C27H23F3N4O3. The van der Waals surface area contributed by atoms with Crippen LogP contribution in [0.15, 0.2) is 65.6 Å². The van der Waals surface area contributed by atoms with Crippen molar-refractivity contribution in [3.05, 3.63) is 99.0 Å². The summed E-state index contributed by atoms with van der Waals surface area (Å²) in [4.78, 5) is 31.3. The summed E-state index contributed by atoms with van der Waals surface area (Å²) < 4.78 is 45.9. The highest BCUT2D eigenvalue weighted by Gasteiger charge is 2.32. The number of hydrogen-bond donors (Lipinski definition) is 3. The number of ether oxygens (including phenoxy) is 1. The summed E-state index contributed by atoms with van der Waals surface area (Å²) in [6.45, 7) is -0.105. The Kier molecular flexibility index (Phi) is 6.43. The largest absolute Gasteiger partial charge is 0.457 e. The van der Waals surface area contributed by atoms with Crippen LogP contribution in [-0.4, -0.2) is 21.9 Å². The van der Waals surface area contributed by atoms with Crippen LogP contribution in [-0.2, 0) is 25.6 Å². The number of aromatic nitrogens is 2. The van der Waals surface area contributed by atoms with Crippen LogP contribution in [0.3, 0.4) is 0 Å². The highest BCUT2D eigenvalue weighted by molar-refractivity contribution is 5.95. The van der Waals surface area contributed by atoms with Crippen LogP contribution >= 0.6 is 0 Å². The fourth-order valence-electron chi connectivity index (χ4n) is 4.54. The molecular weight excluding hydrogens is 485 g/mol. The first-order chi connectivity index (χ1) is 17.7. The van der Waals surface area contributed by atoms with Crippen LogP contribution in [0.5, 0.6) is 11.5 Å². The lowest BCUT2D eigenvalue weighted by molar-refractivity contribution is -0.137. The van der Waals surface area contributed by atoms with Gasteiger partial charge in [-0.3, -0.25) is 9.59 Å². The van der Waals surface area contributed by atoms with Crippen molar-refractivity contribution in [1.82, 2.24) is 15.3 Å². The van der Waals surface area contributed by atoms with E-state index in [-0.39, 0.29) is 29.3 Å². The summed E-state index contributed by atoms with van der Waals surface area (Å²) in [7, 11) is 0. The maximum absolute atomic E-state index is 13.3. The molecule has 5 rings (SSSR count). The number of nitrogens with one attached hydrogen (secondary N) is 2. The van der Waals surface area contributed by atoms with Gasteiger partial charge in [0, 0.05) is 30.4 Å². The van der Waals surface area contributed by atoms with Crippen molar-refractivity contribution in [2.75, 3.05) is 0 Å². The molecule has 7 nitrogen and oxygen atoms in total. The highest BCUT2D eigenvalue weighted by Crippen LogP contribution is 2.32. The predicted molar refractivity (Wildman–Crippen MR) is 131 cm³/mol. The van der Waals surface area contributed by atoms with E-state index in [9.17, 15) is 22.8 Å². The number of halogens is 3. The fourth-order valence-corrected chi connectivity index (χ4v) is 4.54. The molecule has 0 saturated carbocycles. The normalized spacial score (nSPS) is 15.3. The van der Waals surface area contributed by atoms with Crippen LogP contribution in [0.1, 0.15) is 39.0 Å². The van der Waals surface area contributed by atoms with Gasteiger partial charge >= 0.3 is 6.18 Å². The monoisotopic (exact) mass is 508 g/mol. The van der Waals surface area contributed by atoms with Crippen LogP contribution in [0.2, 0.25) is 0 Å². The van der Waals surface area contributed by atoms with Crippen LogP contribution in [0, 0.1) is 0 Å². The smallest absolute Gasteiger partial charge is 0.416 e. The SMILES string of the molecule is NCc1cc(C(=O)NC2CCc3ccc(Oc4ccnc5[nH]c(=O)ccc45)cc3C2)cc(C(F)(F)F)c1. The molecule has 2 aromatic heterocycles. The molecule has 0 fully saturated rings. The minimum absolute atomic E-state index is 0.0687. The third kappa shape index (κ3) is 5.34. The van der Waals surface area contributed by atoms with Gasteiger partial charge in [0.25, 0.3) is 5.91 Å². The maximum Gasteiger partial charge on any atom is 0.416 e. The van der Waals surface area contributed by atoms with Gasteiger partial charge in [0.2, 0.25) is 5.56 Å². The van der Waals surface area contributed by atoms with Gasteiger partial charge in [-0.25, -0.2) is 4.98 Å². The van der Waals surface area contributed by atoms with Gasteiger partial charge < -0.3 is 20.8 Å². The molecule has 0 spiro atoms. The lowest BCUT2D eigenvalue weighted by atomic mass is 9.88. The highest BCUT2D eigenvalue weighted by atomic mass is 19.4. The second kappa shape index (κ2) is 9.70. The third-order valence-corrected chi connectivity index (χ3v) is 6.38. The zero-order valence-electron chi connectivity index (χ0n) is 19.6. The van der Waals surface area contributed by atoms with E-state index < -0.39 is 17.6 Å². The summed E-state index contributed by atoms with van der Waals surface area (Å²) in [6, 6.07) is 13.4. The molecule has 2 heterocycles. The average molecular weight is 509 g/mol. The number of H-pyrrole nitrogens is 1. The standard InChI is InChI=1S/C27H23F3N4O3/c28-27(29,30)19-10-15(14-31)9-18(11-19)26(36)33-20-3-1-16-2-4-21(13-17(16)12-20)37-23-7-8-32-25-22(23)5-6-24(35)34-25/h2,4-11,13,20H,1,3,12,14,31H2,(H,33,36)(H,32,34,35). The Hall–Kier alpha value is -4.18. The molecule has 1 amide bonds. The van der Waals surface area contributed by atoms with Gasteiger partial charge in [0.1, 0.15) is 17.1 Å². The van der Waals surface area contributed by atoms with Crippen LogP contribution < -0.4 is 21.3 Å². The number of amides is 1. The van der Waals surface area contributed by atoms with E-state index in [1.54, 1.807) is 18.3 Å². The van der Waals surface area contributed by atoms with Crippen LogP contribution in [0.4, 0.5) is 13.2 Å². The lowest BCUT2D eigenvalue weighted by Gasteiger charge is -2.26. The quantitative estimate of drug-likeness (QED) is 0.368. The Labute approximate surface area is 209 Å². The Morgan fingerprint density at radius 1 is 1.11 bits per heavy atom. The maximum atomic E-state index is 13.3. The predicted octanol–water partition coefficient (Wildman–Crippen LogP) is 4.48.